The molecule has 1 aliphatic rings. The molecule has 5 heteroatoms. The van der Waals surface area contributed by atoms with Crippen molar-refractivity contribution in [3.8, 4) is 0 Å². The molecule has 0 aromatic heterocycles. The molecule has 1 aromatic carbocycles. The summed E-state index contributed by atoms with van der Waals surface area (Å²) in [6.45, 7) is 3.12. The molecule has 2 rings (SSSR count). The maximum absolute atomic E-state index is 12.2. The minimum absolute atomic E-state index is 0.0810. The van der Waals surface area contributed by atoms with Crippen molar-refractivity contribution in [1.82, 2.24) is 4.90 Å². The van der Waals surface area contributed by atoms with Gasteiger partial charge >= 0.3 is 12.0 Å². The molecule has 0 radical (unpaired) electrons. The van der Waals surface area contributed by atoms with Crippen molar-refractivity contribution >= 4 is 17.7 Å². The van der Waals surface area contributed by atoms with Crippen molar-refractivity contribution in [3.05, 3.63) is 29.8 Å². The highest BCUT2D eigenvalue weighted by Gasteiger charge is 2.27. The quantitative estimate of drug-likeness (QED) is 0.844. The fraction of sp³-hybridized carbons (Fsp3) is 0.467. The third-order valence-electron chi connectivity index (χ3n) is 3.70. The lowest BCUT2D eigenvalue weighted by atomic mass is 9.97. The van der Waals surface area contributed by atoms with E-state index in [1.54, 1.807) is 4.90 Å². The Bertz CT molecular complexity index is 494. The molecule has 1 N–H and O–H groups in total. The number of nitrogens with one attached hydrogen (secondary N) is 1. The van der Waals surface area contributed by atoms with Crippen LogP contribution in [-0.2, 0) is 9.53 Å². The van der Waals surface area contributed by atoms with Gasteiger partial charge in [0, 0.05) is 18.8 Å². The number of amides is 2. The second-order valence-electron chi connectivity index (χ2n) is 5.03. The van der Waals surface area contributed by atoms with Gasteiger partial charge in [0.05, 0.1) is 13.0 Å². The highest BCUT2D eigenvalue weighted by molar-refractivity contribution is 5.90. The molecule has 1 aromatic rings. The number of hydrogen-bond acceptors (Lipinski definition) is 3. The van der Waals surface area contributed by atoms with Gasteiger partial charge in [-0.25, -0.2) is 4.79 Å². The summed E-state index contributed by atoms with van der Waals surface area (Å²) in [6.07, 6.45) is 1.32. The Morgan fingerprint density at radius 3 is 2.50 bits per heavy atom. The van der Waals surface area contributed by atoms with Crippen LogP contribution in [-0.4, -0.2) is 37.1 Å². The monoisotopic (exact) mass is 276 g/mol. The second-order valence-corrected chi connectivity index (χ2v) is 5.03. The van der Waals surface area contributed by atoms with Crippen LogP contribution in [0.1, 0.15) is 18.4 Å². The first kappa shape index (κ1) is 14.4. The number of aryl methyl sites for hydroxylation is 1. The highest BCUT2D eigenvalue weighted by atomic mass is 16.5. The number of nitrogens with zero attached hydrogens (tertiary/aromatic N) is 1. The van der Waals surface area contributed by atoms with Gasteiger partial charge in [0.15, 0.2) is 0 Å². The Morgan fingerprint density at radius 2 is 1.90 bits per heavy atom. The number of urea groups is 1. The first-order valence-corrected chi connectivity index (χ1v) is 6.81. The maximum atomic E-state index is 12.2. The number of hydrogen-bond donors (Lipinski definition) is 1. The van der Waals surface area contributed by atoms with E-state index < -0.39 is 0 Å². The number of piperidine rings is 1. The minimum Gasteiger partial charge on any atom is -0.469 e. The third-order valence-corrected chi connectivity index (χ3v) is 3.70. The zero-order valence-corrected chi connectivity index (χ0v) is 11.9. The van der Waals surface area contributed by atoms with E-state index in [2.05, 4.69) is 5.32 Å². The van der Waals surface area contributed by atoms with Gasteiger partial charge < -0.3 is 15.0 Å². The average Bonchev–Trinajstić information content (AvgIpc) is 2.49. The van der Waals surface area contributed by atoms with Crippen LogP contribution < -0.4 is 5.32 Å². The standard InChI is InChI=1S/C15H20N2O3/c1-11-5-3-4-6-13(11)16-15(19)17-9-7-12(8-10-17)14(18)20-2/h3-6,12H,7-10H2,1-2H3,(H,16,19). The Labute approximate surface area is 118 Å². The van der Waals surface area contributed by atoms with Crippen molar-refractivity contribution < 1.29 is 14.3 Å². The summed E-state index contributed by atoms with van der Waals surface area (Å²) in [6, 6.07) is 7.56. The van der Waals surface area contributed by atoms with Crippen molar-refractivity contribution in [1.29, 1.82) is 0 Å². The molecule has 2 amide bonds. The summed E-state index contributed by atoms with van der Waals surface area (Å²) in [5.74, 6) is -0.258. The predicted molar refractivity (Wildman–Crippen MR) is 76.5 cm³/mol. The zero-order valence-electron chi connectivity index (χ0n) is 11.9. The summed E-state index contributed by atoms with van der Waals surface area (Å²) in [7, 11) is 1.40. The van der Waals surface area contributed by atoms with Gasteiger partial charge in [-0.15, -0.1) is 0 Å². The van der Waals surface area contributed by atoms with Crippen molar-refractivity contribution in [3.63, 3.8) is 0 Å². The highest BCUT2D eigenvalue weighted by Crippen LogP contribution is 2.20. The van der Waals surface area contributed by atoms with Crippen LogP contribution in [0.15, 0.2) is 24.3 Å². The first-order chi connectivity index (χ1) is 9.61. The summed E-state index contributed by atoms with van der Waals surface area (Å²) >= 11 is 0. The first-order valence-electron chi connectivity index (χ1n) is 6.81. The van der Waals surface area contributed by atoms with E-state index in [9.17, 15) is 9.59 Å². The van der Waals surface area contributed by atoms with Crippen LogP contribution in [0.5, 0.6) is 0 Å². The number of ether oxygens (including phenoxy) is 1. The van der Waals surface area contributed by atoms with E-state index in [4.69, 9.17) is 4.74 Å². The number of carbonyl (C=O) groups is 2. The van der Waals surface area contributed by atoms with E-state index in [1.165, 1.54) is 7.11 Å². The number of para-hydroxylation sites is 1. The summed E-state index contributed by atoms with van der Waals surface area (Å²) in [5.41, 5.74) is 1.86. The summed E-state index contributed by atoms with van der Waals surface area (Å²) < 4.78 is 4.74. The Morgan fingerprint density at radius 1 is 1.25 bits per heavy atom. The molecule has 0 saturated carbocycles. The SMILES string of the molecule is COC(=O)C1CCN(C(=O)Nc2ccccc2C)CC1. The Kier molecular flexibility index (Phi) is 4.61. The molecule has 108 valence electrons. The second kappa shape index (κ2) is 6.41. The van der Waals surface area contributed by atoms with Crippen LogP contribution in [0.3, 0.4) is 0 Å². The number of likely N-dealkylation sites (tertiary alicyclic amines) is 1. The largest absolute Gasteiger partial charge is 0.469 e. The number of anilines is 1. The molecule has 1 fully saturated rings. The zero-order chi connectivity index (χ0) is 14.5. The third kappa shape index (κ3) is 3.29. The molecule has 1 aliphatic heterocycles. The molecule has 1 saturated heterocycles. The molecular weight excluding hydrogens is 256 g/mol. The number of esters is 1. The molecule has 0 atom stereocenters. The van der Waals surface area contributed by atoms with Gasteiger partial charge in [-0.2, -0.15) is 0 Å². The molecule has 1 heterocycles. The smallest absolute Gasteiger partial charge is 0.321 e. The molecule has 0 spiro atoms. The fourth-order valence-corrected chi connectivity index (χ4v) is 2.39. The molecular formula is C15H20N2O3. The Balaban J connectivity index is 1.89. The molecule has 0 bridgehead atoms. The number of benzene rings is 1. The van der Waals surface area contributed by atoms with E-state index in [0.717, 1.165) is 11.3 Å². The van der Waals surface area contributed by atoms with Crippen molar-refractivity contribution in [2.24, 2.45) is 5.92 Å². The van der Waals surface area contributed by atoms with E-state index >= 15 is 0 Å². The normalized spacial score (nSPS) is 15.8. The van der Waals surface area contributed by atoms with Gasteiger partial charge in [-0.3, -0.25) is 4.79 Å². The lowest BCUT2D eigenvalue weighted by molar-refractivity contribution is -0.146. The summed E-state index contributed by atoms with van der Waals surface area (Å²) in [4.78, 5) is 25.3. The molecule has 0 aliphatic carbocycles. The number of methoxy groups -OCH3 is 1. The van der Waals surface area contributed by atoms with E-state index in [-0.39, 0.29) is 17.9 Å². The molecule has 5 nitrogen and oxygen atoms in total. The van der Waals surface area contributed by atoms with Crippen LogP contribution >= 0.6 is 0 Å². The van der Waals surface area contributed by atoms with Crippen LogP contribution in [0.4, 0.5) is 10.5 Å². The van der Waals surface area contributed by atoms with Crippen LogP contribution in [0.25, 0.3) is 0 Å². The van der Waals surface area contributed by atoms with Crippen LogP contribution in [0, 0.1) is 12.8 Å². The predicted octanol–water partition coefficient (Wildman–Crippen LogP) is 2.41. The lowest BCUT2D eigenvalue weighted by Gasteiger charge is -2.30. The van der Waals surface area contributed by atoms with Gasteiger partial charge in [0.1, 0.15) is 0 Å². The average molecular weight is 276 g/mol. The fourth-order valence-electron chi connectivity index (χ4n) is 2.39. The minimum atomic E-state index is -0.177. The Hall–Kier alpha value is -2.04. The molecule has 20 heavy (non-hydrogen) atoms. The topological polar surface area (TPSA) is 58.6 Å². The molecule has 0 unspecified atom stereocenters. The number of carbonyl (C=O) groups excluding carboxylic acids is 2. The van der Waals surface area contributed by atoms with Crippen LogP contribution in [0.2, 0.25) is 0 Å². The number of rotatable bonds is 2. The van der Waals surface area contributed by atoms with Gasteiger partial charge in [-0.05, 0) is 31.4 Å². The lowest BCUT2D eigenvalue weighted by Crippen LogP contribution is -2.42. The van der Waals surface area contributed by atoms with Gasteiger partial charge in [0.2, 0.25) is 0 Å². The van der Waals surface area contributed by atoms with Gasteiger partial charge in [-0.1, -0.05) is 18.2 Å². The maximum Gasteiger partial charge on any atom is 0.321 e. The van der Waals surface area contributed by atoms with Crippen molar-refractivity contribution in [2.75, 3.05) is 25.5 Å². The van der Waals surface area contributed by atoms with Gasteiger partial charge in [0.25, 0.3) is 0 Å². The van der Waals surface area contributed by atoms with E-state index in [0.29, 0.717) is 25.9 Å². The van der Waals surface area contributed by atoms with E-state index in [1.807, 2.05) is 31.2 Å². The summed E-state index contributed by atoms with van der Waals surface area (Å²) in [5, 5.41) is 2.91. The van der Waals surface area contributed by atoms with Crippen molar-refractivity contribution in [2.45, 2.75) is 19.8 Å².